The van der Waals surface area contributed by atoms with Crippen LogP contribution in [-0.4, -0.2) is 28.5 Å². The van der Waals surface area contributed by atoms with E-state index >= 15 is 0 Å². The van der Waals surface area contributed by atoms with E-state index in [4.69, 9.17) is 9.47 Å². The van der Waals surface area contributed by atoms with Crippen LogP contribution in [-0.2, 0) is 20.9 Å². The third-order valence-electron chi connectivity index (χ3n) is 2.61. The van der Waals surface area contributed by atoms with Crippen LogP contribution >= 0.6 is 15.9 Å². The number of alkyl halides is 1. The molecule has 0 bridgehead atoms. The molecular formula is C16H22BrNO4. The molecule has 122 valence electrons. The first kappa shape index (κ1) is 18.5. The zero-order chi connectivity index (χ0) is 16.8. The molecule has 0 saturated carbocycles. The average Bonchev–Trinajstić information content (AvgIpc) is 2.41. The van der Waals surface area contributed by atoms with E-state index in [-0.39, 0.29) is 11.4 Å². The van der Waals surface area contributed by atoms with Crippen molar-refractivity contribution in [2.75, 3.05) is 0 Å². The van der Waals surface area contributed by atoms with Crippen molar-refractivity contribution in [2.24, 2.45) is 0 Å². The minimum Gasteiger partial charge on any atom is -0.458 e. The smallest absolute Gasteiger partial charge is 0.408 e. The first-order chi connectivity index (χ1) is 10.2. The van der Waals surface area contributed by atoms with Gasteiger partial charge in [0.25, 0.3) is 0 Å². The highest BCUT2D eigenvalue weighted by atomic mass is 79.9. The number of halogens is 1. The zero-order valence-corrected chi connectivity index (χ0v) is 14.8. The van der Waals surface area contributed by atoms with E-state index in [1.807, 2.05) is 30.3 Å². The van der Waals surface area contributed by atoms with Crippen LogP contribution in [0.5, 0.6) is 0 Å². The van der Waals surface area contributed by atoms with Gasteiger partial charge in [0.2, 0.25) is 0 Å². The standard InChI is InChI=1S/C16H22BrNO4/c1-11(17)13(14(19)22-16(2,3)4)18-15(20)21-10-12-8-6-5-7-9-12/h5-9,11,13H,10H2,1-4H3,(H,18,20)/t11-,13-/m0/s1. The lowest BCUT2D eigenvalue weighted by atomic mass is 10.1. The third-order valence-corrected chi connectivity index (χ3v) is 3.13. The first-order valence-electron chi connectivity index (χ1n) is 7.03. The number of esters is 1. The number of carbonyl (C=O) groups excluding carboxylic acids is 2. The molecular weight excluding hydrogens is 350 g/mol. The van der Waals surface area contributed by atoms with Gasteiger partial charge < -0.3 is 14.8 Å². The predicted molar refractivity (Wildman–Crippen MR) is 87.8 cm³/mol. The fourth-order valence-electron chi connectivity index (χ4n) is 1.62. The maximum atomic E-state index is 12.1. The Kier molecular flexibility index (Phi) is 6.87. The molecule has 1 aromatic carbocycles. The molecule has 5 nitrogen and oxygen atoms in total. The van der Waals surface area contributed by atoms with Crippen LogP contribution in [0.1, 0.15) is 33.3 Å². The van der Waals surface area contributed by atoms with Gasteiger partial charge in [0, 0.05) is 4.83 Å². The second-order valence-corrected chi connectivity index (χ2v) is 7.34. The van der Waals surface area contributed by atoms with E-state index in [2.05, 4.69) is 21.2 Å². The Hall–Kier alpha value is -1.56. The normalized spacial score (nSPS) is 13.9. The van der Waals surface area contributed by atoms with Gasteiger partial charge in [-0.3, -0.25) is 0 Å². The average molecular weight is 372 g/mol. The molecule has 0 spiro atoms. The van der Waals surface area contributed by atoms with Gasteiger partial charge in [-0.2, -0.15) is 0 Å². The Bertz CT molecular complexity index is 497. The van der Waals surface area contributed by atoms with Gasteiger partial charge in [-0.15, -0.1) is 0 Å². The van der Waals surface area contributed by atoms with Crippen molar-refractivity contribution in [1.29, 1.82) is 0 Å². The van der Waals surface area contributed by atoms with Crippen molar-refractivity contribution in [3.8, 4) is 0 Å². The van der Waals surface area contributed by atoms with E-state index < -0.39 is 23.7 Å². The van der Waals surface area contributed by atoms with E-state index in [1.165, 1.54) is 0 Å². The van der Waals surface area contributed by atoms with Crippen LogP contribution in [0.2, 0.25) is 0 Å². The number of benzene rings is 1. The maximum absolute atomic E-state index is 12.1. The minimum atomic E-state index is -0.817. The number of ether oxygens (including phenoxy) is 2. The van der Waals surface area contributed by atoms with E-state index in [9.17, 15) is 9.59 Å². The molecule has 22 heavy (non-hydrogen) atoms. The second kappa shape index (κ2) is 8.17. The molecule has 0 saturated heterocycles. The number of nitrogens with one attached hydrogen (secondary N) is 1. The van der Waals surface area contributed by atoms with Crippen LogP contribution in [0.25, 0.3) is 0 Å². The summed E-state index contributed by atoms with van der Waals surface area (Å²) < 4.78 is 10.4. The lowest BCUT2D eigenvalue weighted by molar-refractivity contribution is -0.157. The molecule has 6 heteroatoms. The van der Waals surface area contributed by atoms with Crippen LogP contribution in [0, 0.1) is 0 Å². The number of hydrogen-bond acceptors (Lipinski definition) is 4. The highest BCUT2D eigenvalue weighted by Gasteiger charge is 2.30. The van der Waals surface area contributed by atoms with Crippen LogP contribution in [0.4, 0.5) is 4.79 Å². The Labute approximate surface area is 139 Å². The van der Waals surface area contributed by atoms with Gasteiger partial charge in [-0.05, 0) is 26.3 Å². The molecule has 1 rings (SSSR count). The number of amides is 1. The quantitative estimate of drug-likeness (QED) is 0.636. The van der Waals surface area contributed by atoms with Crippen molar-refractivity contribution < 1.29 is 19.1 Å². The summed E-state index contributed by atoms with van der Waals surface area (Å²) in [5.41, 5.74) is 0.255. The second-order valence-electron chi connectivity index (χ2n) is 5.89. The lowest BCUT2D eigenvalue weighted by Crippen LogP contribution is -2.48. The summed E-state index contributed by atoms with van der Waals surface area (Å²) in [6.45, 7) is 7.22. The van der Waals surface area contributed by atoms with Crippen molar-refractivity contribution in [3.63, 3.8) is 0 Å². The molecule has 1 aromatic rings. The molecule has 0 fully saturated rings. The topological polar surface area (TPSA) is 64.6 Å². The summed E-state index contributed by atoms with van der Waals surface area (Å²) in [5, 5.41) is 2.53. The highest BCUT2D eigenvalue weighted by molar-refractivity contribution is 9.09. The molecule has 0 heterocycles. The molecule has 1 amide bonds. The fourth-order valence-corrected chi connectivity index (χ4v) is 1.97. The molecule has 0 radical (unpaired) electrons. The molecule has 0 aliphatic carbocycles. The lowest BCUT2D eigenvalue weighted by Gasteiger charge is -2.25. The first-order valence-corrected chi connectivity index (χ1v) is 7.95. The molecule has 1 N–H and O–H groups in total. The zero-order valence-electron chi connectivity index (χ0n) is 13.3. The van der Waals surface area contributed by atoms with Crippen molar-refractivity contribution in [1.82, 2.24) is 5.32 Å². The van der Waals surface area contributed by atoms with Gasteiger partial charge in [-0.25, -0.2) is 9.59 Å². The molecule has 2 atom stereocenters. The Balaban J connectivity index is 2.55. The predicted octanol–water partition coefficient (Wildman–Crippen LogP) is 3.41. The number of hydrogen-bond donors (Lipinski definition) is 1. The van der Waals surface area contributed by atoms with Gasteiger partial charge in [0.05, 0.1) is 0 Å². The molecule has 0 aromatic heterocycles. The summed E-state index contributed by atoms with van der Waals surface area (Å²) in [6.07, 6.45) is -0.661. The highest BCUT2D eigenvalue weighted by Crippen LogP contribution is 2.13. The third kappa shape index (κ3) is 6.93. The summed E-state index contributed by atoms with van der Waals surface area (Å²) in [5.74, 6) is -0.506. The van der Waals surface area contributed by atoms with E-state index in [0.717, 1.165) is 5.56 Å². The minimum absolute atomic E-state index is 0.143. The molecule has 0 aliphatic rings. The Morgan fingerprint density at radius 3 is 2.32 bits per heavy atom. The van der Waals surface area contributed by atoms with Crippen LogP contribution < -0.4 is 5.32 Å². The van der Waals surface area contributed by atoms with Gasteiger partial charge in [-0.1, -0.05) is 53.2 Å². The SMILES string of the molecule is C[C@H](Br)[C@H](NC(=O)OCc1ccccc1)C(=O)OC(C)(C)C. The summed E-state index contributed by atoms with van der Waals surface area (Å²) in [4.78, 5) is 23.6. The van der Waals surface area contributed by atoms with E-state index in [1.54, 1.807) is 27.7 Å². The van der Waals surface area contributed by atoms with Crippen LogP contribution in [0.15, 0.2) is 30.3 Å². The monoisotopic (exact) mass is 371 g/mol. The number of carbonyl (C=O) groups is 2. The summed E-state index contributed by atoms with van der Waals surface area (Å²) in [6, 6.07) is 8.50. The van der Waals surface area contributed by atoms with Gasteiger partial charge in [0.1, 0.15) is 18.2 Å². The fraction of sp³-hybridized carbons (Fsp3) is 0.500. The van der Waals surface area contributed by atoms with Gasteiger partial charge in [0.15, 0.2) is 0 Å². The van der Waals surface area contributed by atoms with Crippen molar-refractivity contribution in [2.45, 2.75) is 50.8 Å². The summed E-state index contributed by atoms with van der Waals surface area (Å²) >= 11 is 3.30. The van der Waals surface area contributed by atoms with Crippen molar-refractivity contribution in [3.05, 3.63) is 35.9 Å². The Morgan fingerprint density at radius 1 is 1.23 bits per heavy atom. The maximum Gasteiger partial charge on any atom is 0.408 e. The number of alkyl carbamates (subject to hydrolysis) is 1. The number of rotatable bonds is 5. The van der Waals surface area contributed by atoms with Gasteiger partial charge >= 0.3 is 12.1 Å². The van der Waals surface area contributed by atoms with Crippen molar-refractivity contribution >= 4 is 28.0 Å². The molecule has 0 unspecified atom stereocenters. The summed E-state index contributed by atoms with van der Waals surface area (Å²) in [7, 11) is 0. The molecule has 0 aliphatic heterocycles. The van der Waals surface area contributed by atoms with Crippen LogP contribution in [0.3, 0.4) is 0 Å². The Morgan fingerprint density at radius 2 is 1.82 bits per heavy atom. The largest absolute Gasteiger partial charge is 0.458 e. The van der Waals surface area contributed by atoms with E-state index in [0.29, 0.717) is 0 Å².